The Labute approximate surface area is 193 Å². The molecule has 3 saturated carbocycles. The first-order valence-electron chi connectivity index (χ1n) is 13.2. The molecule has 0 heterocycles. The number of Topliss-reactive ketones (excluding diaryl/α,β-unsaturated/α-hetero) is 1. The number of rotatable bonds is 8. The molecule has 6 atom stereocenters. The van der Waals surface area contributed by atoms with Crippen molar-refractivity contribution >= 4 is 17.5 Å². The highest BCUT2D eigenvalue weighted by Crippen LogP contribution is 2.66. The number of unbranched alkanes of at least 4 members (excludes halogenated alkanes) is 3. The fourth-order valence-electron chi connectivity index (χ4n) is 8.11. The van der Waals surface area contributed by atoms with Crippen molar-refractivity contribution in [1.82, 2.24) is 0 Å². The summed E-state index contributed by atoms with van der Waals surface area (Å²) < 4.78 is 5.40. The third-order valence-electron chi connectivity index (χ3n) is 9.96. The molecule has 0 bridgehead atoms. The van der Waals surface area contributed by atoms with Gasteiger partial charge in [-0.05, 0) is 86.0 Å². The topological polar surface area (TPSA) is 60.4 Å². The fraction of sp³-hybridized carbons (Fsp3) is 0.821. The zero-order valence-electron chi connectivity index (χ0n) is 20.4. The Hall–Kier alpha value is -1.45. The molecular weight excluding hydrogens is 400 g/mol. The number of esters is 1. The third kappa shape index (κ3) is 4.23. The van der Waals surface area contributed by atoms with Gasteiger partial charge in [-0.15, -0.1) is 0 Å². The Morgan fingerprint density at radius 2 is 1.81 bits per heavy atom. The van der Waals surface area contributed by atoms with Crippen LogP contribution in [0.25, 0.3) is 0 Å². The Balaban J connectivity index is 1.38. The first-order valence-corrected chi connectivity index (χ1v) is 13.2. The van der Waals surface area contributed by atoms with E-state index in [9.17, 15) is 14.4 Å². The smallest absolute Gasteiger partial charge is 0.306 e. The van der Waals surface area contributed by atoms with Gasteiger partial charge in [-0.1, -0.05) is 45.6 Å². The summed E-state index contributed by atoms with van der Waals surface area (Å²) in [4.78, 5) is 37.2. The summed E-state index contributed by atoms with van der Waals surface area (Å²) in [5.41, 5.74) is 1.61. The van der Waals surface area contributed by atoms with Crippen LogP contribution in [0.2, 0.25) is 0 Å². The van der Waals surface area contributed by atoms with Crippen molar-refractivity contribution in [3.63, 3.8) is 0 Å². The van der Waals surface area contributed by atoms with Gasteiger partial charge in [-0.2, -0.15) is 0 Å². The normalized spacial score (nSPS) is 38.3. The van der Waals surface area contributed by atoms with Crippen LogP contribution in [0.15, 0.2) is 11.6 Å². The molecule has 3 fully saturated rings. The quantitative estimate of drug-likeness (QED) is 0.331. The van der Waals surface area contributed by atoms with Crippen LogP contribution in [0.4, 0.5) is 0 Å². The van der Waals surface area contributed by atoms with Crippen molar-refractivity contribution in [2.24, 2.45) is 34.5 Å². The summed E-state index contributed by atoms with van der Waals surface area (Å²) in [5.74, 6) is 2.13. The van der Waals surface area contributed by atoms with E-state index in [1.807, 2.05) is 6.08 Å². The molecular formula is C28H42O4. The molecule has 4 nitrogen and oxygen atoms in total. The predicted molar refractivity (Wildman–Crippen MR) is 125 cm³/mol. The first kappa shape index (κ1) is 23.7. The molecule has 0 radical (unpaired) electrons. The lowest BCUT2D eigenvalue weighted by molar-refractivity contribution is -0.151. The van der Waals surface area contributed by atoms with Crippen molar-refractivity contribution in [2.45, 2.75) is 104 Å². The highest BCUT2D eigenvalue weighted by atomic mass is 16.5. The van der Waals surface area contributed by atoms with Crippen molar-refractivity contribution in [3.05, 3.63) is 11.6 Å². The van der Waals surface area contributed by atoms with E-state index >= 15 is 0 Å². The Kier molecular flexibility index (Phi) is 6.98. The van der Waals surface area contributed by atoms with Gasteiger partial charge in [0, 0.05) is 18.8 Å². The second-order valence-electron chi connectivity index (χ2n) is 11.6. The molecule has 0 saturated heterocycles. The minimum Gasteiger partial charge on any atom is -0.458 e. The van der Waals surface area contributed by atoms with Gasteiger partial charge in [0.15, 0.2) is 11.6 Å². The zero-order valence-corrected chi connectivity index (χ0v) is 20.4. The van der Waals surface area contributed by atoms with Gasteiger partial charge in [0.1, 0.15) is 6.61 Å². The third-order valence-corrected chi connectivity index (χ3v) is 9.96. The lowest BCUT2D eigenvalue weighted by Crippen LogP contribution is -2.51. The number of hydrogen-bond acceptors (Lipinski definition) is 4. The molecule has 4 heteroatoms. The second kappa shape index (κ2) is 9.43. The van der Waals surface area contributed by atoms with E-state index in [4.69, 9.17) is 4.74 Å². The molecule has 32 heavy (non-hydrogen) atoms. The Bertz CT molecular complexity index is 782. The predicted octanol–water partition coefficient (Wildman–Crippen LogP) is 6.22. The molecule has 4 rings (SSSR count). The Morgan fingerprint density at radius 1 is 1.00 bits per heavy atom. The fourth-order valence-corrected chi connectivity index (χ4v) is 8.11. The van der Waals surface area contributed by atoms with Gasteiger partial charge < -0.3 is 4.74 Å². The molecule has 0 aromatic heterocycles. The van der Waals surface area contributed by atoms with E-state index in [-0.39, 0.29) is 35.1 Å². The van der Waals surface area contributed by atoms with E-state index in [0.29, 0.717) is 36.4 Å². The van der Waals surface area contributed by atoms with E-state index in [0.717, 1.165) is 70.6 Å². The molecule has 0 spiro atoms. The molecule has 0 aliphatic heterocycles. The second-order valence-corrected chi connectivity index (χ2v) is 11.6. The monoisotopic (exact) mass is 442 g/mol. The highest BCUT2D eigenvalue weighted by Gasteiger charge is 2.60. The van der Waals surface area contributed by atoms with Crippen LogP contribution in [0.5, 0.6) is 0 Å². The van der Waals surface area contributed by atoms with E-state index in [2.05, 4.69) is 20.8 Å². The minimum absolute atomic E-state index is 0.0269. The summed E-state index contributed by atoms with van der Waals surface area (Å²) in [6.45, 7) is 6.86. The van der Waals surface area contributed by atoms with Gasteiger partial charge in [0.25, 0.3) is 0 Å². The molecule has 0 N–H and O–H groups in total. The first-order chi connectivity index (χ1) is 15.3. The molecule has 0 aromatic carbocycles. The molecule has 0 unspecified atom stereocenters. The van der Waals surface area contributed by atoms with Gasteiger partial charge in [-0.25, -0.2) is 0 Å². The summed E-state index contributed by atoms with van der Waals surface area (Å²) in [5, 5.41) is 0. The highest BCUT2D eigenvalue weighted by molar-refractivity contribution is 5.91. The van der Waals surface area contributed by atoms with Gasteiger partial charge in [0.2, 0.25) is 0 Å². The maximum absolute atomic E-state index is 13.1. The van der Waals surface area contributed by atoms with E-state index in [1.54, 1.807) is 0 Å². The van der Waals surface area contributed by atoms with Crippen LogP contribution in [0, 0.1) is 34.5 Å². The lowest BCUT2D eigenvalue weighted by atomic mass is 9.46. The SMILES string of the molecule is CCCCCCC(=O)OCC(=O)[C@H]1CC[C@H]2[C@@H]3CCC4=CC(=O)CC[C@]4(C)[C@H]3CC[C@]12C. The summed E-state index contributed by atoms with van der Waals surface area (Å²) in [6, 6.07) is 0. The molecule has 0 aromatic rings. The number of hydrogen-bond donors (Lipinski definition) is 0. The van der Waals surface area contributed by atoms with Crippen molar-refractivity contribution in [3.8, 4) is 0 Å². The number of carbonyl (C=O) groups is 3. The summed E-state index contributed by atoms with van der Waals surface area (Å²) in [7, 11) is 0. The number of carbonyl (C=O) groups excluding carboxylic acids is 3. The minimum atomic E-state index is -0.218. The maximum Gasteiger partial charge on any atom is 0.306 e. The summed E-state index contributed by atoms with van der Waals surface area (Å²) >= 11 is 0. The average Bonchev–Trinajstić information content (AvgIpc) is 3.13. The van der Waals surface area contributed by atoms with Crippen LogP contribution < -0.4 is 0 Å². The van der Waals surface area contributed by atoms with Crippen LogP contribution in [-0.4, -0.2) is 24.1 Å². The summed E-state index contributed by atoms with van der Waals surface area (Å²) in [6.07, 6.45) is 14.8. The van der Waals surface area contributed by atoms with Gasteiger partial charge in [0.05, 0.1) is 0 Å². The maximum atomic E-state index is 13.1. The zero-order chi connectivity index (χ0) is 22.9. The van der Waals surface area contributed by atoms with Crippen molar-refractivity contribution in [1.29, 1.82) is 0 Å². The van der Waals surface area contributed by atoms with E-state index in [1.165, 1.54) is 5.57 Å². The van der Waals surface area contributed by atoms with Gasteiger partial charge >= 0.3 is 5.97 Å². The van der Waals surface area contributed by atoms with Crippen LogP contribution in [-0.2, 0) is 19.1 Å². The molecule has 4 aliphatic carbocycles. The number of allylic oxidation sites excluding steroid dienone is 1. The van der Waals surface area contributed by atoms with Crippen LogP contribution in [0.3, 0.4) is 0 Å². The van der Waals surface area contributed by atoms with E-state index < -0.39 is 0 Å². The number of fused-ring (bicyclic) bond motifs is 5. The average molecular weight is 443 g/mol. The van der Waals surface area contributed by atoms with Gasteiger partial charge in [-0.3, -0.25) is 14.4 Å². The molecule has 4 aliphatic rings. The molecule has 178 valence electrons. The number of ether oxygens (including phenoxy) is 1. The van der Waals surface area contributed by atoms with Crippen LogP contribution >= 0.6 is 0 Å². The lowest BCUT2D eigenvalue weighted by Gasteiger charge is -2.58. The largest absolute Gasteiger partial charge is 0.458 e. The standard InChI is InChI=1S/C28H42O4/c1-4-5-6-7-8-26(31)32-18-25(30)24-12-11-22-21-10-9-19-17-20(29)13-15-27(19,2)23(21)14-16-28(22,24)3/h17,21-24H,4-16,18H2,1-3H3/t21-,22-,23-,24+,27-,28-/m0/s1. The Morgan fingerprint density at radius 3 is 2.59 bits per heavy atom. The van der Waals surface area contributed by atoms with Crippen LogP contribution in [0.1, 0.15) is 104 Å². The van der Waals surface area contributed by atoms with Crippen molar-refractivity contribution in [2.75, 3.05) is 6.61 Å². The number of ketones is 2. The molecule has 0 amide bonds. The van der Waals surface area contributed by atoms with Crippen molar-refractivity contribution < 1.29 is 19.1 Å².